The second kappa shape index (κ2) is 11.4. The van der Waals surface area contributed by atoms with Gasteiger partial charge in [-0.25, -0.2) is 26.5 Å². The number of likely N-dealkylation sites (tertiary alicyclic amines) is 1. The summed E-state index contributed by atoms with van der Waals surface area (Å²) in [5.74, 6) is -3.34. The van der Waals surface area contributed by atoms with Crippen molar-refractivity contribution in [3.05, 3.63) is 40.3 Å². The van der Waals surface area contributed by atoms with E-state index in [0.717, 1.165) is 36.4 Å². The monoisotopic (exact) mass is 556 g/mol. The van der Waals surface area contributed by atoms with Gasteiger partial charge in [-0.2, -0.15) is 0 Å². The van der Waals surface area contributed by atoms with Crippen LogP contribution in [0.1, 0.15) is 47.3 Å². The fraction of sp³-hybridized carbons (Fsp3) is 0.522. The Morgan fingerprint density at radius 2 is 1.81 bits per heavy atom. The molecule has 3 heterocycles. The molecule has 1 aromatic carbocycles. The number of aromatic nitrogens is 1. The quantitative estimate of drug-likeness (QED) is 0.375. The normalized spacial score (nSPS) is 19.8. The number of halogens is 2. The van der Waals surface area contributed by atoms with Gasteiger partial charge in [-0.05, 0) is 57.3 Å². The molecule has 10 nitrogen and oxygen atoms in total. The molecule has 4 rings (SSSR count). The summed E-state index contributed by atoms with van der Waals surface area (Å²) in [6, 6.07) is 2.75. The Labute approximate surface area is 218 Å². The maximum Gasteiger partial charge on any atom is 0.234 e. The summed E-state index contributed by atoms with van der Waals surface area (Å²) >= 11 is 0.906. The predicted molar refractivity (Wildman–Crippen MR) is 137 cm³/mol. The number of hydrogen-bond donors (Lipinski definition) is 3. The number of nitrogens with two attached hydrogens (primary N) is 2. The molecule has 1 aromatic heterocycles. The molecule has 1 amide bonds. The average molecular weight is 557 g/mol. The number of sulfonamides is 1. The van der Waals surface area contributed by atoms with E-state index in [1.807, 2.05) is 4.90 Å². The van der Waals surface area contributed by atoms with E-state index in [1.54, 1.807) is 0 Å². The third-order valence-electron chi connectivity index (χ3n) is 6.76. The van der Waals surface area contributed by atoms with Crippen LogP contribution < -0.4 is 16.8 Å². The number of carbonyl (C=O) groups excluding carboxylic acids is 2. The lowest BCUT2D eigenvalue weighted by Gasteiger charge is -2.31. The van der Waals surface area contributed by atoms with Crippen LogP contribution in [-0.2, 0) is 14.8 Å². The van der Waals surface area contributed by atoms with Gasteiger partial charge in [-0.15, -0.1) is 0 Å². The number of hydrogen-bond acceptors (Lipinski definition) is 9. The van der Waals surface area contributed by atoms with Crippen LogP contribution in [0.3, 0.4) is 0 Å². The molecule has 0 radical (unpaired) electrons. The zero-order valence-corrected chi connectivity index (χ0v) is 21.8. The second-order valence-electron chi connectivity index (χ2n) is 9.24. The molecule has 2 aliphatic heterocycles. The van der Waals surface area contributed by atoms with Gasteiger partial charge in [0.2, 0.25) is 21.7 Å². The third kappa shape index (κ3) is 6.25. The molecule has 14 heteroatoms. The maximum absolute atomic E-state index is 14.0. The second-order valence-corrected chi connectivity index (χ2v) is 12.3. The summed E-state index contributed by atoms with van der Waals surface area (Å²) in [5, 5.41) is 3.49. The van der Waals surface area contributed by atoms with E-state index in [0.29, 0.717) is 50.4 Å². The Balaban J connectivity index is 1.29. The van der Waals surface area contributed by atoms with Crippen molar-refractivity contribution in [1.82, 2.24) is 14.2 Å². The van der Waals surface area contributed by atoms with Gasteiger partial charge in [0, 0.05) is 19.1 Å². The van der Waals surface area contributed by atoms with Crippen LogP contribution in [0.5, 0.6) is 0 Å². The summed E-state index contributed by atoms with van der Waals surface area (Å²) in [5.41, 5.74) is 10.6. The molecule has 2 aromatic rings. The van der Waals surface area contributed by atoms with E-state index in [1.165, 1.54) is 10.4 Å². The number of nitrogens with one attached hydrogen (secondary N) is 1. The van der Waals surface area contributed by atoms with Crippen LogP contribution in [0, 0.1) is 11.6 Å². The van der Waals surface area contributed by atoms with Crippen molar-refractivity contribution in [3.8, 4) is 0 Å². The minimum absolute atomic E-state index is 0.00579. The minimum atomic E-state index is -3.45. The first-order valence-corrected chi connectivity index (χ1v) is 14.5. The van der Waals surface area contributed by atoms with Crippen LogP contribution in [0.25, 0.3) is 0 Å². The van der Waals surface area contributed by atoms with E-state index in [-0.39, 0.29) is 34.4 Å². The number of ketones is 1. The van der Waals surface area contributed by atoms with Crippen molar-refractivity contribution in [2.75, 3.05) is 43.0 Å². The number of rotatable bonds is 10. The van der Waals surface area contributed by atoms with Crippen molar-refractivity contribution in [2.45, 2.75) is 44.2 Å². The molecular weight excluding hydrogens is 526 g/mol. The van der Waals surface area contributed by atoms with Gasteiger partial charge in [0.05, 0.1) is 17.4 Å². The Morgan fingerprint density at radius 3 is 2.46 bits per heavy atom. The van der Waals surface area contributed by atoms with Crippen LogP contribution in [0.15, 0.2) is 18.2 Å². The SMILES string of the molecule is NC(=O)[C@@H]1CCCN1CCCS(=O)(=O)N1CCC(Nc2nc(N)c(C(=O)c3c(F)cccc3F)s2)CC1. The van der Waals surface area contributed by atoms with E-state index in [9.17, 15) is 26.8 Å². The van der Waals surface area contributed by atoms with Crippen molar-refractivity contribution in [2.24, 2.45) is 5.73 Å². The number of piperidine rings is 1. The van der Waals surface area contributed by atoms with Gasteiger partial charge in [0.25, 0.3) is 0 Å². The molecule has 2 aliphatic rings. The predicted octanol–water partition coefficient (Wildman–Crippen LogP) is 1.78. The molecule has 202 valence electrons. The first kappa shape index (κ1) is 27.4. The highest BCUT2D eigenvalue weighted by atomic mass is 32.2. The fourth-order valence-electron chi connectivity index (χ4n) is 4.83. The Bertz CT molecular complexity index is 1240. The lowest BCUT2D eigenvalue weighted by molar-refractivity contribution is -0.122. The molecule has 0 saturated carbocycles. The number of thiazole rings is 1. The van der Waals surface area contributed by atoms with Crippen molar-refractivity contribution in [1.29, 1.82) is 0 Å². The third-order valence-corrected chi connectivity index (χ3v) is 9.72. The van der Waals surface area contributed by atoms with Gasteiger partial charge in [0.15, 0.2) is 5.13 Å². The van der Waals surface area contributed by atoms with E-state index in [4.69, 9.17) is 11.5 Å². The van der Waals surface area contributed by atoms with Gasteiger partial charge in [-0.1, -0.05) is 17.4 Å². The zero-order chi connectivity index (χ0) is 26.7. The Morgan fingerprint density at radius 1 is 1.14 bits per heavy atom. The number of nitrogens with zero attached hydrogens (tertiary/aromatic N) is 3. The molecule has 0 bridgehead atoms. The lowest BCUT2D eigenvalue weighted by atomic mass is 10.1. The van der Waals surface area contributed by atoms with Crippen molar-refractivity contribution in [3.63, 3.8) is 0 Å². The fourth-order valence-corrected chi connectivity index (χ4v) is 7.26. The standard InChI is InChI=1S/C23H30F2N6O4S2/c24-15-4-1-5-16(25)18(15)19(32)20-21(26)29-23(36-20)28-14-7-11-31(12-8-14)37(34,35)13-3-10-30-9-2-6-17(30)22(27)33/h1,4-5,14,17H,2-3,6-13,26H2,(H2,27,33)(H,28,29)/t17-/m0/s1. The van der Waals surface area contributed by atoms with E-state index in [2.05, 4.69) is 10.3 Å². The Kier molecular flexibility index (Phi) is 8.41. The van der Waals surface area contributed by atoms with Gasteiger partial charge in [0.1, 0.15) is 22.3 Å². The molecule has 2 fully saturated rings. The highest BCUT2D eigenvalue weighted by molar-refractivity contribution is 7.89. The summed E-state index contributed by atoms with van der Waals surface area (Å²) in [6.45, 7) is 1.89. The number of carbonyl (C=O) groups is 2. The van der Waals surface area contributed by atoms with Crippen LogP contribution in [0.4, 0.5) is 19.7 Å². The molecule has 0 spiro atoms. The van der Waals surface area contributed by atoms with Gasteiger partial charge in [-0.3, -0.25) is 14.5 Å². The summed E-state index contributed by atoms with van der Waals surface area (Å²) < 4.78 is 55.2. The summed E-state index contributed by atoms with van der Waals surface area (Å²) in [6.07, 6.45) is 3.03. The van der Waals surface area contributed by atoms with E-state index >= 15 is 0 Å². The topological polar surface area (TPSA) is 152 Å². The van der Waals surface area contributed by atoms with E-state index < -0.39 is 33.0 Å². The summed E-state index contributed by atoms with van der Waals surface area (Å²) in [4.78, 5) is 30.2. The van der Waals surface area contributed by atoms with Crippen molar-refractivity contribution >= 4 is 44.0 Å². The number of primary amides is 1. The molecular formula is C23H30F2N6O4S2. The molecule has 5 N–H and O–H groups in total. The smallest absolute Gasteiger partial charge is 0.234 e. The van der Waals surface area contributed by atoms with Crippen LogP contribution in [-0.4, -0.2) is 78.3 Å². The highest BCUT2D eigenvalue weighted by Crippen LogP contribution is 2.30. The van der Waals surface area contributed by atoms with Gasteiger partial charge >= 0.3 is 0 Å². The number of anilines is 2. The number of nitrogen functional groups attached to an aromatic ring is 1. The maximum atomic E-state index is 14.0. The van der Waals surface area contributed by atoms with Gasteiger partial charge < -0.3 is 16.8 Å². The van der Waals surface area contributed by atoms with Crippen LogP contribution >= 0.6 is 11.3 Å². The molecule has 0 unspecified atom stereocenters. The summed E-state index contributed by atoms with van der Waals surface area (Å²) in [7, 11) is -3.45. The minimum Gasteiger partial charge on any atom is -0.382 e. The molecule has 0 aliphatic carbocycles. The largest absolute Gasteiger partial charge is 0.382 e. The zero-order valence-electron chi connectivity index (χ0n) is 20.2. The molecule has 2 saturated heterocycles. The number of benzene rings is 1. The number of amides is 1. The van der Waals surface area contributed by atoms with Crippen molar-refractivity contribution < 1.29 is 26.8 Å². The molecule has 37 heavy (non-hydrogen) atoms. The Hall–Kier alpha value is -2.68. The first-order valence-electron chi connectivity index (χ1n) is 12.1. The van der Waals surface area contributed by atoms with Crippen LogP contribution in [0.2, 0.25) is 0 Å². The lowest BCUT2D eigenvalue weighted by Crippen LogP contribution is -2.44. The average Bonchev–Trinajstić information content (AvgIpc) is 3.45. The molecule has 1 atom stereocenters. The first-order chi connectivity index (χ1) is 17.6. The highest BCUT2D eigenvalue weighted by Gasteiger charge is 2.31.